The van der Waals surface area contributed by atoms with Crippen molar-refractivity contribution in [1.82, 2.24) is 9.62 Å². The Morgan fingerprint density at radius 1 is 1.15 bits per heavy atom. The highest BCUT2D eigenvalue weighted by Crippen LogP contribution is 2.41. The molecule has 2 aromatic carbocycles. The van der Waals surface area contributed by atoms with E-state index < -0.39 is 10.0 Å². The molecule has 0 bridgehead atoms. The molecule has 0 saturated heterocycles. The fraction of sp³-hybridized carbons (Fsp3) is 0.350. The van der Waals surface area contributed by atoms with Crippen LogP contribution < -0.4 is 10.1 Å². The van der Waals surface area contributed by atoms with Crippen molar-refractivity contribution in [2.45, 2.75) is 23.8 Å². The molecule has 1 atom stereocenters. The number of ether oxygens (including phenoxy) is 1. The van der Waals surface area contributed by atoms with Gasteiger partial charge in [-0.1, -0.05) is 30.3 Å². The average Bonchev–Trinajstić information content (AvgIpc) is 3.52. The molecular formula is C20H24N2O4S. The Balaban J connectivity index is 1.67. The molecule has 1 saturated carbocycles. The Labute approximate surface area is 160 Å². The van der Waals surface area contributed by atoms with E-state index in [0.717, 1.165) is 28.5 Å². The van der Waals surface area contributed by atoms with E-state index in [1.807, 2.05) is 24.3 Å². The summed E-state index contributed by atoms with van der Waals surface area (Å²) in [5.74, 6) is 0.830. The van der Waals surface area contributed by atoms with E-state index in [1.165, 1.54) is 19.2 Å². The van der Waals surface area contributed by atoms with Crippen LogP contribution in [0.5, 0.6) is 5.75 Å². The van der Waals surface area contributed by atoms with E-state index >= 15 is 0 Å². The monoisotopic (exact) mass is 388 g/mol. The second kappa shape index (κ2) is 8.10. The van der Waals surface area contributed by atoms with Crippen LogP contribution >= 0.6 is 0 Å². The maximum atomic E-state index is 12.6. The number of amides is 1. The Bertz CT molecular complexity index is 878. The first-order valence-corrected chi connectivity index (χ1v) is 10.3. The summed E-state index contributed by atoms with van der Waals surface area (Å²) in [6, 6.07) is 15.6. The zero-order chi connectivity index (χ0) is 19.4. The summed E-state index contributed by atoms with van der Waals surface area (Å²) in [5.41, 5.74) is 1.00. The molecule has 1 fully saturated rings. The lowest BCUT2D eigenvalue weighted by molar-refractivity contribution is -0.122. The normalized spacial score (nSPS) is 15.4. The molecule has 1 unspecified atom stereocenters. The van der Waals surface area contributed by atoms with Gasteiger partial charge >= 0.3 is 0 Å². The summed E-state index contributed by atoms with van der Waals surface area (Å²) in [6.07, 6.45) is 2.10. The number of carbonyl (C=O) groups is 1. The fourth-order valence-corrected chi connectivity index (χ4v) is 4.14. The standard InChI is InChI=1S/C20H24N2O4S/c1-22(27(24,25)18-6-4-3-5-7-18)14-19(23)21-20(15-8-9-15)16-10-12-17(26-2)13-11-16/h3-7,10-13,15,20H,8-9,14H2,1-2H3,(H,21,23). The largest absolute Gasteiger partial charge is 0.497 e. The number of hydrogen-bond acceptors (Lipinski definition) is 4. The van der Waals surface area contributed by atoms with Crippen molar-refractivity contribution >= 4 is 15.9 Å². The van der Waals surface area contributed by atoms with Crippen LogP contribution in [-0.4, -0.2) is 39.3 Å². The van der Waals surface area contributed by atoms with Gasteiger partial charge in [-0.15, -0.1) is 0 Å². The molecule has 27 heavy (non-hydrogen) atoms. The number of carbonyl (C=O) groups excluding carboxylic acids is 1. The zero-order valence-corrected chi connectivity index (χ0v) is 16.3. The van der Waals surface area contributed by atoms with Crippen molar-refractivity contribution in [2.24, 2.45) is 5.92 Å². The summed E-state index contributed by atoms with van der Waals surface area (Å²) in [4.78, 5) is 12.7. The molecule has 2 aromatic rings. The number of sulfonamides is 1. The molecule has 0 aliphatic heterocycles. The van der Waals surface area contributed by atoms with Crippen LogP contribution in [-0.2, 0) is 14.8 Å². The average molecular weight is 388 g/mol. The third kappa shape index (κ3) is 4.67. The van der Waals surface area contributed by atoms with Crippen molar-refractivity contribution < 1.29 is 17.9 Å². The number of benzene rings is 2. The smallest absolute Gasteiger partial charge is 0.243 e. The van der Waals surface area contributed by atoms with Crippen molar-refractivity contribution in [1.29, 1.82) is 0 Å². The maximum absolute atomic E-state index is 12.6. The second-order valence-corrected chi connectivity index (χ2v) is 8.77. The molecule has 1 aliphatic rings. The van der Waals surface area contributed by atoms with Crippen LogP contribution in [0.25, 0.3) is 0 Å². The van der Waals surface area contributed by atoms with E-state index in [-0.39, 0.29) is 23.4 Å². The number of nitrogens with zero attached hydrogens (tertiary/aromatic N) is 1. The van der Waals surface area contributed by atoms with Gasteiger partial charge in [-0.05, 0) is 48.6 Å². The minimum atomic E-state index is -3.69. The molecule has 144 valence electrons. The van der Waals surface area contributed by atoms with Crippen LogP contribution in [0.2, 0.25) is 0 Å². The Morgan fingerprint density at radius 3 is 2.33 bits per heavy atom. The summed E-state index contributed by atoms with van der Waals surface area (Å²) < 4.78 is 31.4. The second-order valence-electron chi connectivity index (χ2n) is 6.73. The van der Waals surface area contributed by atoms with Gasteiger partial charge in [0.25, 0.3) is 0 Å². The topological polar surface area (TPSA) is 75.7 Å². The van der Waals surface area contributed by atoms with Crippen LogP contribution in [0.3, 0.4) is 0 Å². The van der Waals surface area contributed by atoms with E-state index in [1.54, 1.807) is 25.3 Å². The quantitative estimate of drug-likeness (QED) is 0.754. The van der Waals surface area contributed by atoms with Crippen molar-refractivity contribution in [3.8, 4) is 5.75 Å². The Morgan fingerprint density at radius 2 is 1.78 bits per heavy atom. The summed E-state index contributed by atoms with van der Waals surface area (Å²) >= 11 is 0. The molecule has 6 nitrogen and oxygen atoms in total. The molecule has 0 spiro atoms. The first kappa shape index (κ1) is 19.4. The predicted octanol–water partition coefficient (Wildman–Crippen LogP) is 2.58. The Kier molecular flexibility index (Phi) is 5.82. The third-order valence-corrected chi connectivity index (χ3v) is 6.52. The first-order valence-electron chi connectivity index (χ1n) is 8.86. The summed E-state index contributed by atoms with van der Waals surface area (Å²) in [5, 5.41) is 3.00. The highest BCUT2D eigenvalue weighted by molar-refractivity contribution is 7.89. The predicted molar refractivity (Wildman–Crippen MR) is 103 cm³/mol. The number of hydrogen-bond donors (Lipinski definition) is 1. The Hall–Kier alpha value is -2.38. The molecular weight excluding hydrogens is 364 g/mol. The maximum Gasteiger partial charge on any atom is 0.243 e. The molecule has 7 heteroatoms. The number of rotatable bonds is 8. The van der Waals surface area contributed by atoms with Gasteiger partial charge in [-0.3, -0.25) is 4.79 Å². The van der Waals surface area contributed by atoms with E-state index in [0.29, 0.717) is 5.92 Å². The van der Waals surface area contributed by atoms with Gasteiger partial charge in [0.2, 0.25) is 15.9 Å². The molecule has 1 aliphatic carbocycles. The van der Waals surface area contributed by atoms with Crippen LogP contribution in [0.15, 0.2) is 59.5 Å². The van der Waals surface area contributed by atoms with Crippen LogP contribution in [0.1, 0.15) is 24.4 Å². The molecule has 1 N–H and O–H groups in total. The van der Waals surface area contributed by atoms with Gasteiger partial charge in [-0.25, -0.2) is 8.42 Å². The number of methoxy groups -OCH3 is 1. The van der Waals surface area contributed by atoms with Crippen molar-refractivity contribution in [3.63, 3.8) is 0 Å². The number of nitrogens with one attached hydrogen (secondary N) is 1. The van der Waals surface area contributed by atoms with Gasteiger partial charge < -0.3 is 10.1 Å². The van der Waals surface area contributed by atoms with Crippen molar-refractivity contribution in [2.75, 3.05) is 20.7 Å². The highest BCUT2D eigenvalue weighted by Gasteiger charge is 2.34. The van der Waals surface area contributed by atoms with Gasteiger partial charge in [0, 0.05) is 7.05 Å². The van der Waals surface area contributed by atoms with Gasteiger partial charge in [-0.2, -0.15) is 4.31 Å². The highest BCUT2D eigenvalue weighted by atomic mass is 32.2. The SMILES string of the molecule is COc1ccc(C(NC(=O)CN(C)S(=O)(=O)c2ccccc2)C2CC2)cc1. The lowest BCUT2D eigenvalue weighted by Crippen LogP contribution is -2.40. The van der Waals surface area contributed by atoms with Gasteiger partial charge in [0.05, 0.1) is 24.6 Å². The molecule has 3 rings (SSSR count). The van der Waals surface area contributed by atoms with Crippen LogP contribution in [0.4, 0.5) is 0 Å². The zero-order valence-electron chi connectivity index (χ0n) is 15.5. The van der Waals surface area contributed by atoms with Gasteiger partial charge in [0.1, 0.15) is 5.75 Å². The van der Waals surface area contributed by atoms with Crippen LogP contribution in [0, 0.1) is 5.92 Å². The lowest BCUT2D eigenvalue weighted by Gasteiger charge is -2.22. The summed E-state index contributed by atoms with van der Waals surface area (Å²) in [6.45, 7) is -0.226. The van der Waals surface area contributed by atoms with Crippen molar-refractivity contribution in [3.05, 3.63) is 60.2 Å². The third-order valence-electron chi connectivity index (χ3n) is 4.70. The molecule has 0 aromatic heterocycles. The molecule has 0 radical (unpaired) electrons. The van der Waals surface area contributed by atoms with Gasteiger partial charge in [0.15, 0.2) is 0 Å². The first-order chi connectivity index (χ1) is 12.9. The molecule has 1 amide bonds. The number of likely N-dealkylation sites (N-methyl/N-ethyl adjacent to an activating group) is 1. The van der Waals surface area contributed by atoms with E-state index in [4.69, 9.17) is 4.74 Å². The molecule has 0 heterocycles. The minimum absolute atomic E-state index is 0.115. The lowest BCUT2D eigenvalue weighted by atomic mass is 10.0. The van der Waals surface area contributed by atoms with E-state index in [2.05, 4.69) is 5.32 Å². The minimum Gasteiger partial charge on any atom is -0.497 e. The fourth-order valence-electron chi connectivity index (χ4n) is 2.99. The summed E-state index contributed by atoms with van der Waals surface area (Å²) in [7, 11) is -0.665. The van der Waals surface area contributed by atoms with E-state index in [9.17, 15) is 13.2 Å².